The number of nitrogens with one attached hydrogen (secondary N) is 1. The first-order valence-electron chi connectivity index (χ1n) is 11.3. The van der Waals surface area contributed by atoms with E-state index in [0.29, 0.717) is 0 Å². The van der Waals surface area contributed by atoms with Gasteiger partial charge < -0.3 is 14.8 Å². The summed E-state index contributed by atoms with van der Waals surface area (Å²) in [5.74, 6) is 0. The van der Waals surface area contributed by atoms with Gasteiger partial charge in [0.05, 0.1) is 17.8 Å². The molecular weight excluding hydrogens is 424 g/mol. The third-order valence-electron chi connectivity index (χ3n) is 6.70. The molecule has 166 valence electrons. The summed E-state index contributed by atoms with van der Waals surface area (Å²) in [7, 11) is 0. The first kappa shape index (κ1) is 21.4. The molecular formula is C28H28N4S. The van der Waals surface area contributed by atoms with Crippen LogP contribution in [0, 0.1) is 27.7 Å². The molecule has 1 fully saturated rings. The molecule has 2 atom stereocenters. The summed E-state index contributed by atoms with van der Waals surface area (Å²) in [6.07, 6.45) is 1.85. The third kappa shape index (κ3) is 3.62. The van der Waals surface area contributed by atoms with Gasteiger partial charge in [-0.2, -0.15) is 0 Å². The van der Waals surface area contributed by atoms with Gasteiger partial charge in [-0.25, -0.2) is 0 Å². The number of hydrogen-bond acceptors (Lipinski definition) is 2. The molecule has 0 spiro atoms. The summed E-state index contributed by atoms with van der Waals surface area (Å²) < 4.78 is 2.36. The van der Waals surface area contributed by atoms with Gasteiger partial charge >= 0.3 is 0 Å². The fourth-order valence-corrected chi connectivity index (χ4v) is 5.46. The van der Waals surface area contributed by atoms with Crippen molar-refractivity contribution in [3.63, 3.8) is 0 Å². The van der Waals surface area contributed by atoms with E-state index in [1.165, 1.54) is 33.8 Å². The summed E-state index contributed by atoms with van der Waals surface area (Å²) in [6.45, 7) is 8.76. The number of thiocarbonyl (C=S) groups is 1. The summed E-state index contributed by atoms with van der Waals surface area (Å²) >= 11 is 5.92. The number of hydrogen-bond donors (Lipinski definition) is 1. The van der Waals surface area contributed by atoms with Crippen LogP contribution in [0.4, 0.5) is 5.69 Å². The molecule has 2 aromatic heterocycles. The lowest BCUT2D eigenvalue weighted by atomic mass is 9.93. The standard InChI is InChI=1S/C28H28N4S/c1-18-11-10-14-23(17-18)32-27(26(30-28(32)33)24-15-8-9-16-29-24)25-19(2)20(3)31(21(25)4)22-12-6-5-7-13-22/h5-17,26-27H,1-4H3,(H,30,33)/t26-,27+/m1/s1. The van der Waals surface area contributed by atoms with Crippen LogP contribution in [-0.4, -0.2) is 14.7 Å². The number of aryl methyl sites for hydroxylation is 1. The molecule has 2 aromatic carbocycles. The number of para-hydroxylation sites is 1. The summed E-state index contributed by atoms with van der Waals surface area (Å²) in [5.41, 5.74) is 9.52. The van der Waals surface area contributed by atoms with Crippen LogP contribution < -0.4 is 10.2 Å². The lowest BCUT2D eigenvalue weighted by Crippen LogP contribution is -2.29. The van der Waals surface area contributed by atoms with Gasteiger partial charge in [-0.15, -0.1) is 0 Å². The summed E-state index contributed by atoms with van der Waals surface area (Å²) in [5, 5.41) is 4.32. The van der Waals surface area contributed by atoms with E-state index in [9.17, 15) is 0 Å². The molecule has 0 aliphatic carbocycles. The molecule has 3 heterocycles. The minimum atomic E-state index is -0.0531. The predicted octanol–water partition coefficient (Wildman–Crippen LogP) is 6.28. The maximum atomic E-state index is 5.92. The van der Waals surface area contributed by atoms with E-state index in [1.54, 1.807) is 0 Å². The van der Waals surface area contributed by atoms with Crippen molar-refractivity contribution in [3.8, 4) is 5.69 Å². The molecule has 0 saturated carbocycles. The molecule has 5 rings (SSSR count). The van der Waals surface area contributed by atoms with Gasteiger partial charge in [0.15, 0.2) is 5.11 Å². The lowest BCUT2D eigenvalue weighted by molar-refractivity contribution is 0.563. The molecule has 4 aromatic rings. The van der Waals surface area contributed by atoms with Crippen molar-refractivity contribution in [2.45, 2.75) is 39.8 Å². The molecule has 1 saturated heterocycles. The minimum absolute atomic E-state index is 0.0159. The van der Waals surface area contributed by atoms with Gasteiger partial charge in [0, 0.05) is 34.5 Å². The van der Waals surface area contributed by atoms with Crippen LogP contribution in [0.25, 0.3) is 5.69 Å². The summed E-state index contributed by atoms with van der Waals surface area (Å²) in [6, 6.07) is 25.1. The first-order chi connectivity index (χ1) is 16.0. The van der Waals surface area contributed by atoms with Crippen molar-refractivity contribution in [2.75, 3.05) is 4.90 Å². The van der Waals surface area contributed by atoms with Crippen LogP contribution in [-0.2, 0) is 0 Å². The number of anilines is 1. The van der Waals surface area contributed by atoms with E-state index in [0.717, 1.165) is 16.5 Å². The zero-order valence-electron chi connectivity index (χ0n) is 19.4. The van der Waals surface area contributed by atoms with Crippen LogP contribution >= 0.6 is 12.2 Å². The lowest BCUT2D eigenvalue weighted by Gasteiger charge is -2.29. The molecule has 0 amide bonds. The number of rotatable bonds is 4. The van der Waals surface area contributed by atoms with Crippen molar-refractivity contribution in [3.05, 3.63) is 113 Å². The molecule has 0 bridgehead atoms. The van der Waals surface area contributed by atoms with Gasteiger partial charge in [0.1, 0.15) is 0 Å². The monoisotopic (exact) mass is 452 g/mol. The average Bonchev–Trinajstić information content (AvgIpc) is 3.27. The van der Waals surface area contributed by atoms with Gasteiger partial charge in [-0.1, -0.05) is 36.4 Å². The second-order valence-electron chi connectivity index (χ2n) is 8.72. The highest BCUT2D eigenvalue weighted by Gasteiger charge is 2.43. The third-order valence-corrected chi connectivity index (χ3v) is 7.01. The highest BCUT2D eigenvalue weighted by atomic mass is 32.1. The topological polar surface area (TPSA) is 33.1 Å². The molecule has 0 radical (unpaired) electrons. The Kier molecular flexibility index (Phi) is 5.51. The first-order valence-corrected chi connectivity index (χ1v) is 11.7. The fourth-order valence-electron chi connectivity index (χ4n) is 5.11. The highest BCUT2D eigenvalue weighted by Crippen LogP contribution is 2.45. The second-order valence-corrected chi connectivity index (χ2v) is 9.10. The predicted molar refractivity (Wildman–Crippen MR) is 139 cm³/mol. The summed E-state index contributed by atoms with van der Waals surface area (Å²) in [4.78, 5) is 6.98. The molecule has 0 unspecified atom stereocenters. The SMILES string of the molecule is Cc1cccc(N2C(=S)N[C@H](c3ccccn3)[C@@H]2c2c(C)c(C)n(-c3ccccc3)c2C)c1. The minimum Gasteiger partial charge on any atom is -0.351 e. The maximum absolute atomic E-state index is 5.92. The molecule has 33 heavy (non-hydrogen) atoms. The quantitative estimate of drug-likeness (QED) is 0.369. The Morgan fingerprint density at radius 2 is 1.55 bits per heavy atom. The molecule has 1 aliphatic heterocycles. The number of nitrogens with zero attached hydrogens (tertiary/aromatic N) is 3. The van der Waals surface area contributed by atoms with Crippen LogP contribution in [0.3, 0.4) is 0 Å². The van der Waals surface area contributed by atoms with Crippen molar-refractivity contribution in [1.29, 1.82) is 0 Å². The normalized spacial score (nSPS) is 17.9. The van der Waals surface area contributed by atoms with Gasteiger partial charge in [-0.3, -0.25) is 4.98 Å². The van der Waals surface area contributed by atoms with E-state index in [2.05, 4.69) is 103 Å². The zero-order valence-corrected chi connectivity index (χ0v) is 20.2. The second kappa shape index (κ2) is 8.49. The van der Waals surface area contributed by atoms with Gasteiger partial charge in [-0.05, 0) is 87.4 Å². The van der Waals surface area contributed by atoms with Crippen molar-refractivity contribution in [1.82, 2.24) is 14.9 Å². The Balaban J connectivity index is 1.74. The Morgan fingerprint density at radius 3 is 2.24 bits per heavy atom. The van der Waals surface area contributed by atoms with Gasteiger partial charge in [0.2, 0.25) is 0 Å². The highest BCUT2D eigenvalue weighted by molar-refractivity contribution is 7.80. The van der Waals surface area contributed by atoms with Crippen LogP contribution in [0.2, 0.25) is 0 Å². The number of aromatic nitrogens is 2. The fraction of sp³-hybridized carbons (Fsp3) is 0.214. The largest absolute Gasteiger partial charge is 0.351 e. The Labute approximate surface area is 200 Å². The Hall–Kier alpha value is -3.44. The van der Waals surface area contributed by atoms with E-state index in [1.807, 2.05) is 18.3 Å². The Bertz CT molecular complexity index is 1310. The van der Waals surface area contributed by atoms with E-state index < -0.39 is 0 Å². The van der Waals surface area contributed by atoms with Crippen molar-refractivity contribution in [2.24, 2.45) is 0 Å². The Morgan fingerprint density at radius 1 is 0.818 bits per heavy atom. The average molecular weight is 453 g/mol. The van der Waals surface area contributed by atoms with E-state index in [-0.39, 0.29) is 12.1 Å². The number of benzene rings is 2. The van der Waals surface area contributed by atoms with E-state index >= 15 is 0 Å². The van der Waals surface area contributed by atoms with Crippen LogP contribution in [0.1, 0.15) is 45.9 Å². The smallest absolute Gasteiger partial charge is 0.174 e. The maximum Gasteiger partial charge on any atom is 0.174 e. The van der Waals surface area contributed by atoms with Crippen molar-refractivity contribution >= 4 is 23.0 Å². The zero-order chi connectivity index (χ0) is 23.1. The molecule has 1 N–H and O–H groups in total. The number of pyridine rings is 1. The van der Waals surface area contributed by atoms with Crippen LogP contribution in [0.5, 0.6) is 0 Å². The molecule has 4 nitrogen and oxygen atoms in total. The molecule has 1 aliphatic rings. The molecule has 5 heteroatoms. The van der Waals surface area contributed by atoms with Gasteiger partial charge in [0.25, 0.3) is 0 Å². The van der Waals surface area contributed by atoms with Crippen molar-refractivity contribution < 1.29 is 0 Å². The van der Waals surface area contributed by atoms with Crippen LogP contribution in [0.15, 0.2) is 79.0 Å². The van der Waals surface area contributed by atoms with E-state index in [4.69, 9.17) is 17.2 Å².